The van der Waals surface area contributed by atoms with Gasteiger partial charge in [0.2, 0.25) is 0 Å². The number of aryl methyl sites for hydroxylation is 1. The summed E-state index contributed by atoms with van der Waals surface area (Å²) in [7, 11) is 1.57. The van der Waals surface area contributed by atoms with Crippen molar-refractivity contribution in [1.29, 1.82) is 0 Å². The molecule has 8 nitrogen and oxygen atoms in total. The molecule has 1 aliphatic heterocycles. The number of hydrogen-bond donors (Lipinski definition) is 1. The highest BCUT2D eigenvalue weighted by molar-refractivity contribution is 6.07. The number of carbonyl (C=O) groups excluding carboxylic acids is 2. The normalized spacial score (nSPS) is 18.6. The molecule has 0 bridgehead atoms. The van der Waals surface area contributed by atoms with Crippen LogP contribution < -0.4 is 10.1 Å². The van der Waals surface area contributed by atoms with Crippen molar-refractivity contribution >= 4 is 18.2 Å². The molecule has 1 aromatic heterocycles. The van der Waals surface area contributed by atoms with Crippen molar-refractivity contribution in [3.8, 4) is 11.4 Å². The van der Waals surface area contributed by atoms with Crippen molar-refractivity contribution in [2.45, 2.75) is 26.3 Å². The summed E-state index contributed by atoms with van der Waals surface area (Å²) in [6.45, 7) is 5.44. The molecule has 3 amide bonds. The first kappa shape index (κ1) is 20.3. The molecule has 1 N–H and O–H groups in total. The molecule has 0 radical (unpaired) electrons. The number of nitrogens with zero attached hydrogens (tertiary/aromatic N) is 4. The first-order valence-corrected chi connectivity index (χ1v) is 9.82. The lowest BCUT2D eigenvalue weighted by Crippen LogP contribution is -2.40. The van der Waals surface area contributed by atoms with E-state index >= 15 is 0 Å². The van der Waals surface area contributed by atoms with E-state index in [1.807, 2.05) is 48.9 Å². The third kappa shape index (κ3) is 3.46. The molecule has 1 aliphatic rings. The number of rotatable bonds is 5. The fourth-order valence-corrected chi connectivity index (χ4v) is 3.63. The number of nitrogens with one attached hydrogen (secondary N) is 1. The molecule has 0 aliphatic carbocycles. The van der Waals surface area contributed by atoms with Crippen molar-refractivity contribution in [1.82, 2.24) is 20.1 Å². The van der Waals surface area contributed by atoms with Crippen LogP contribution in [0.4, 0.5) is 4.79 Å². The molecule has 3 aromatic rings. The van der Waals surface area contributed by atoms with Crippen LogP contribution in [0.1, 0.15) is 29.4 Å². The van der Waals surface area contributed by atoms with Gasteiger partial charge in [0.15, 0.2) is 0 Å². The first-order valence-electron chi connectivity index (χ1n) is 9.82. The summed E-state index contributed by atoms with van der Waals surface area (Å²) < 4.78 is 6.97. The Morgan fingerprint density at radius 1 is 1.06 bits per heavy atom. The lowest BCUT2D eigenvalue weighted by Gasteiger charge is -2.21. The maximum Gasteiger partial charge on any atom is 0.346 e. The molecule has 1 fully saturated rings. The van der Waals surface area contributed by atoms with E-state index in [1.54, 1.807) is 38.3 Å². The summed E-state index contributed by atoms with van der Waals surface area (Å²) in [5.41, 5.74) is 2.72. The minimum atomic E-state index is -1.21. The summed E-state index contributed by atoms with van der Waals surface area (Å²) in [6, 6.07) is 16.1. The van der Waals surface area contributed by atoms with Crippen LogP contribution in [0.25, 0.3) is 5.69 Å². The van der Waals surface area contributed by atoms with Gasteiger partial charge in [0, 0.05) is 5.56 Å². The average molecular weight is 417 g/mol. The van der Waals surface area contributed by atoms with Crippen LogP contribution in [0, 0.1) is 13.8 Å². The molecule has 158 valence electrons. The number of ether oxygens (including phenoxy) is 1. The molecule has 4 rings (SSSR count). The molecule has 2 aromatic carbocycles. The molecular weight excluding hydrogens is 394 g/mol. The van der Waals surface area contributed by atoms with Crippen LogP contribution >= 0.6 is 0 Å². The lowest BCUT2D eigenvalue weighted by molar-refractivity contribution is -0.131. The van der Waals surface area contributed by atoms with Gasteiger partial charge in [0.25, 0.3) is 5.91 Å². The van der Waals surface area contributed by atoms with Gasteiger partial charge in [-0.25, -0.2) is 9.48 Å². The minimum Gasteiger partial charge on any atom is -0.497 e. The number of hydrazone groups is 1. The molecule has 1 atom stereocenters. The van der Waals surface area contributed by atoms with Crippen molar-refractivity contribution in [2.75, 3.05) is 7.11 Å². The van der Waals surface area contributed by atoms with Gasteiger partial charge in [-0.1, -0.05) is 30.3 Å². The number of para-hydroxylation sites is 1. The van der Waals surface area contributed by atoms with Gasteiger partial charge in [-0.2, -0.15) is 10.2 Å². The Morgan fingerprint density at radius 2 is 1.74 bits per heavy atom. The molecule has 0 unspecified atom stereocenters. The number of methoxy groups -OCH3 is 1. The van der Waals surface area contributed by atoms with Gasteiger partial charge < -0.3 is 10.1 Å². The quantitative estimate of drug-likeness (QED) is 0.510. The molecule has 0 spiro atoms. The number of aromatic nitrogens is 2. The Kier molecular flexibility index (Phi) is 5.06. The summed E-state index contributed by atoms with van der Waals surface area (Å²) in [5, 5.41) is 12.4. The second-order valence-corrected chi connectivity index (χ2v) is 7.48. The number of carbonyl (C=O) groups is 2. The fourth-order valence-electron chi connectivity index (χ4n) is 3.63. The maximum atomic E-state index is 13.1. The maximum absolute atomic E-state index is 13.1. The van der Waals surface area contributed by atoms with Gasteiger partial charge >= 0.3 is 6.03 Å². The topological polar surface area (TPSA) is 88.8 Å². The molecule has 31 heavy (non-hydrogen) atoms. The van der Waals surface area contributed by atoms with Gasteiger partial charge in [-0.3, -0.25) is 4.79 Å². The highest BCUT2D eigenvalue weighted by Crippen LogP contribution is 2.30. The zero-order valence-corrected chi connectivity index (χ0v) is 17.8. The van der Waals surface area contributed by atoms with Crippen LogP contribution in [0.2, 0.25) is 0 Å². The largest absolute Gasteiger partial charge is 0.497 e. The van der Waals surface area contributed by atoms with Gasteiger partial charge in [-0.05, 0) is 50.6 Å². The molecule has 2 heterocycles. The van der Waals surface area contributed by atoms with Gasteiger partial charge in [-0.15, -0.1) is 5.01 Å². The molecular formula is C23H23N5O3. The van der Waals surface area contributed by atoms with Crippen molar-refractivity contribution in [3.05, 3.63) is 77.1 Å². The van der Waals surface area contributed by atoms with Crippen LogP contribution in [0.15, 0.2) is 59.7 Å². The average Bonchev–Trinajstić information content (AvgIpc) is 3.19. The SMILES string of the molecule is COc1ccc([C@]2(C)NC(=O)N(/N=C\c3c(C)nn(-c4ccccc4)c3C)C2=O)cc1. The number of imide groups is 1. The van der Waals surface area contributed by atoms with Crippen LogP contribution in [0.3, 0.4) is 0 Å². The van der Waals surface area contributed by atoms with E-state index in [2.05, 4.69) is 15.5 Å². The summed E-state index contributed by atoms with van der Waals surface area (Å²) >= 11 is 0. The first-order chi connectivity index (χ1) is 14.8. The fraction of sp³-hybridized carbons (Fsp3) is 0.217. The number of urea groups is 1. The smallest absolute Gasteiger partial charge is 0.346 e. The number of benzene rings is 2. The highest BCUT2D eigenvalue weighted by atomic mass is 16.5. The zero-order chi connectivity index (χ0) is 22.2. The monoisotopic (exact) mass is 417 g/mol. The van der Waals surface area contributed by atoms with E-state index in [0.717, 1.165) is 27.6 Å². The minimum absolute atomic E-state index is 0.454. The Morgan fingerprint density at radius 3 is 2.39 bits per heavy atom. The van der Waals surface area contributed by atoms with E-state index in [9.17, 15) is 9.59 Å². The summed E-state index contributed by atoms with van der Waals surface area (Å²) in [4.78, 5) is 25.6. The van der Waals surface area contributed by atoms with Crippen LogP contribution in [0.5, 0.6) is 5.75 Å². The van der Waals surface area contributed by atoms with E-state index in [-0.39, 0.29) is 0 Å². The standard InChI is InChI=1S/C23H23N5O3/c1-15-20(16(2)27(26-15)18-8-6-5-7-9-18)14-24-28-21(29)23(3,25-22(28)30)17-10-12-19(31-4)13-11-17/h5-14H,1-4H3,(H,25,30)/b24-14-/t23-/m0/s1. The zero-order valence-electron chi connectivity index (χ0n) is 17.8. The summed E-state index contributed by atoms with van der Waals surface area (Å²) in [5.74, 6) is 0.213. The van der Waals surface area contributed by atoms with Gasteiger partial charge in [0.1, 0.15) is 11.3 Å². The van der Waals surface area contributed by atoms with Crippen molar-refractivity contribution in [2.24, 2.45) is 5.10 Å². The predicted octanol–water partition coefficient (Wildman–Crippen LogP) is 3.30. The Labute approximate surface area is 180 Å². The molecule has 8 heteroatoms. The van der Waals surface area contributed by atoms with E-state index in [1.165, 1.54) is 6.21 Å². The van der Waals surface area contributed by atoms with E-state index in [4.69, 9.17) is 4.74 Å². The highest BCUT2D eigenvalue weighted by Gasteiger charge is 2.49. The second-order valence-electron chi connectivity index (χ2n) is 7.48. The number of hydrogen-bond acceptors (Lipinski definition) is 5. The van der Waals surface area contributed by atoms with E-state index in [0.29, 0.717) is 11.3 Å². The lowest BCUT2D eigenvalue weighted by atomic mass is 9.92. The van der Waals surface area contributed by atoms with Crippen LogP contribution in [-0.2, 0) is 10.3 Å². The third-order valence-electron chi connectivity index (χ3n) is 5.49. The number of amides is 3. The Balaban J connectivity index is 1.62. The second kappa shape index (κ2) is 7.71. The van der Waals surface area contributed by atoms with Crippen molar-refractivity contribution in [3.63, 3.8) is 0 Å². The predicted molar refractivity (Wildman–Crippen MR) is 116 cm³/mol. The summed E-state index contributed by atoms with van der Waals surface area (Å²) in [6.07, 6.45) is 1.51. The molecule has 0 saturated carbocycles. The molecule has 1 saturated heterocycles. The van der Waals surface area contributed by atoms with E-state index < -0.39 is 17.5 Å². The Hall–Kier alpha value is -3.94. The Bertz CT molecular complexity index is 1170. The third-order valence-corrected chi connectivity index (χ3v) is 5.49. The van der Waals surface area contributed by atoms with Gasteiger partial charge in [0.05, 0.1) is 30.4 Å². The van der Waals surface area contributed by atoms with Crippen molar-refractivity contribution < 1.29 is 14.3 Å². The van der Waals surface area contributed by atoms with Crippen LogP contribution in [-0.4, -0.2) is 40.1 Å².